The number of allylic oxidation sites excluding steroid dienone is 1. The molecule has 0 N–H and O–H groups in total. The van der Waals surface area contributed by atoms with Crippen molar-refractivity contribution in [1.29, 1.82) is 0 Å². The topological polar surface area (TPSA) is 206 Å². The van der Waals surface area contributed by atoms with E-state index in [1.54, 1.807) is 66.3 Å². The van der Waals surface area contributed by atoms with Gasteiger partial charge in [-0.1, -0.05) is 31.5 Å². The van der Waals surface area contributed by atoms with Gasteiger partial charge in [-0.3, -0.25) is 23.5 Å². The van der Waals surface area contributed by atoms with Gasteiger partial charge in [0.25, 0.3) is 0 Å². The zero-order valence-electron chi connectivity index (χ0n) is 37.4. The van der Waals surface area contributed by atoms with Crippen LogP contribution in [0.5, 0.6) is 0 Å². The van der Waals surface area contributed by atoms with Gasteiger partial charge >= 0.3 is 11.4 Å². The van der Waals surface area contributed by atoms with Crippen LogP contribution in [0.15, 0.2) is 103 Å². The first kappa shape index (κ1) is 43.8. The lowest BCUT2D eigenvalue weighted by atomic mass is 10.0. The van der Waals surface area contributed by atoms with Crippen LogP contribution in [0.1, 0.15) is 64.5 Å². The van der Waals surface area contributed by atoms with Gasteiger partial charge in [0.1, 0.15) is 38.6 Å². The minimum Gasteiger partial charge on any atom is -0.450 e. The van der Waals surface area contributed by atoms with Gasteiger partial charge in [-0.15, -0.1) is 0 Å². The molecule has 0 amide bonds. The average molecular weight is 926 g/mol. The van der Waals surface area contributed by atoms with E-state index in [1.807, 2.05) is 56.8 Å². The highest BCUT2D eigenvalue weighted by atomic mass is 35.5. The fourth-order valence-corrected chi connectivity index (χ4v) is 9.15. The third-order valence-electron chi connectivity index (χ3n) is 12.3. The van der Waals surface area contributed by atoms with Crippen LogP contribution >= 0.6 is 11.6 Å². The fourth-order valence-electron chi connectivity index (χ4n) is 9.00. The number of furan rings is 2. The van der Waals surface area contributed by atoms with Crippen LogP contribution in [-0.2, 0) is 23.6 Å². The predicted octanol–water partition coefficient (Wildman–Crippen LogP) is 7.60. The van der Waals surface area contributed by atoms with Crippen molar-refractivity contribution in [3.63, 3.8) is 0 Å². The Bertz CT molecular complexity index is 3400. The fraction of sp³-hybridized carbons (Fsp3) is 0.362. The van der Waals surface area contributed by atoms with E-state index in [-0.39, 0.29) is 35.7 Å². The lowest BCUT2D eigenvalue weighted by Gasteiger charge is -2.30. The molecule has 9 aromatic rings. The van der Waals surface area contributed by atoms with Crippen molar-refractivity contribution in [3.8, 4) is 28.3 Å². The second-order valence-electron chi connectivity index (χ2n) is 16.6. The van der Waals surface area contributed by atoms with Crippen molar-refractivity contribution in [1.82, 2.24) is 58.4 Å². The normalized spacial score (nSPS) is 19.3. The number of hydrogen-bond donors (Lipinski definition) is 0. The zero-order chi connectivity index (χ0) is 46.2. The van der Waals surface area contributed by atoms with Crippen LogP contribution in [0.4, 0.5) is 0 Å². The van der Waals surface area contributed by atoms with Crippen LogP contribution in [0.2, 0.25) is 5.15 Å². The molecule has 12 rings (SSSR count). The predicted molar refractivity (Wildman–Crippen MR) is 253 cm³/mol. The third-order valence-corrected chi connectivity index (χ3v) is 12.5. The molecule has 19 nitrogen and oxygen atoms in total. The molecule has 344 valence electrons. The molecule has 9 aromatic heterocycles. The number of aromatic nitrogens is 12. The van der Waals surface area contributed by atoms with Crippen molar-refractivity contribution >= 4 is 62.2 Å². The standard InChI is InChI=1S/C23H23N7O3.C20H20ClN5O3.C4H5N/c1-3-16-11-15(7-10-32-16)30-21-20-17(5-6-18(26-20)29-9-4-8-24-29)33-22(21)19(27-23(30)31)14-12-25-28(2)13-14;1-3-13-8-12(6-7-28-13)26-18-17-14(4-5-15(21)23-17)29-19(18)16(24-20(26)27)11-9-22-25(2)10-11;1-2-4-5-3-1/h4-6,8-9,12-13,15-16H,3,7,10-11H2,1-2H3;4-5,9-10,12-13H,3,6-8H2,1-2H3;1-3H,4H2/t15-,16-;12-,13-;/m00./s1. The first-order valence-corrected chi connectivity index (χ1v) is 22.8. The summed E-state index contributed by atoms with van der Waals surface area (Å²) in [6.45, 7) is 6.28. The summed E-state index contributed by atoms with van der Waals surface area (Å²) in [4.78, 5) is 48.7. The Labute approximate surface area is 387 Å². The van der Waals surface area contributed by atoms with Gasteiger partial charge in [-0.05, 0) is 74.9 Å². The van der Waals surface area contributed by atoms with Crippen LogP contribution in [0, 0.1) is 0 Å². The number of ether oxygens (including phenoxy) is 2. The highest BCUT2D eigenvalue weighted by Gasteiger charge is 2.31. The number of aliphatic imine (C=N–C) groups is 1. The van der Waals surface area contributed by atoms with Gasteiger partial charge < -0.3 is 18.3 Å². The quantitative estimate of drug-likeness (QED) is 0.141. The summed E-state index contributed by atoms with van der Waals surface area (Å²) < 4.78 is 32.6. The van der Waals surface area contributed by atoms with Crippen molar-refractivity contribution in [2.75, 3.05) is 19.8 Å². The van der Waals surface area contributed by atoms with E-state index in [0.29, 0.717) is 85.5 Å². The van der Waals surface area contributed by atoms with E-state index >= 15 is 0 Å². The first-order valence-electron chi connectivity index (χ1n) is 22.4. The molecule has 0 radical (unpaired) electrons. The first-order chi connectivity index (χ1) is 32.7. The van der Waals surface area contributed by atoms with Crippen LogP contribution in [0.25, 0.3) is 72.7 Å². The van der Waals surface area contributed by atoms with Crippen molar-refractivity contribution in [3.05, 3.63) is 106 Å². The Balaban J connectivity index is 0.000000143. The molecule has 4 atom stereocenters. The van der Waals surface area contributed by atoms with E-state index in [1.165, 1.54) is 0 Å². The molecule has 12 heterocycles. The summed E-state index contributed by atoms with van der Waals surface area (Å²) in [6, 6.07) is 8.90. The molecule has 0 spiro atoms. The monoisotopic (exact) mass is 925 g/mol. The van der Waals surface area contributed by atoms with E-state index < -0.39 is 0 Å². The molecular formula is C47H48ClN13O6. The van der Waals surface area contributed by atoms with Crippen LogP contribution < -0.4 is 11.4 Å². The summed E-state index contributed by atoms with van der Waals surface area (Å²) >= 11 is 6.17. The van der Waals surface area contributed by atoms with E-state index in [9.17, 15) is 9.59 Å². The lowest BCUT2D eigenvalue weighted by molar-refractivity contribution is -0.00725. The summed E-state index contributed by atoms with van der Waals surface area (Å²) in [5.41, 5.74) is 6.37. The zero-order valence-corrected chi connectivity index (χ0v) is 38.2. The van der Waals surface area contributed by atoms with Gasteiger partial charge in [0.05, 0.1) is 31.1 Å². The number of rotatable bonds is 7. The maximum absolute atomic E-state index is 13.5. The van der Waals surface area contributed by atoms with E-state index in [2.05, 4.69) is 49.1 Å². The highest BCUT2D eigenvalue weighted by molar-refractivity contribution is 6.30. The lowest BCUT2D eigenvalue weighted by Crippen LogP contribution is -2.34. The molecule has 0 aliphatic carbocycles. The van der Waals surface area contributed by atoms with E-state index in [0.717, 1.165) is 50.6 Å². The minimum atomic E-state index is -0.331. The molecule has 0 unspecified atom stereocenters. The SMILES string of the molecule is C1=CCN=C1.CC[C@H]1C[C@@H](n2c(=O)nc(-c3cnn(C)c3)c3oc4ccc(-n5cccn5)nc4c32)CCO1.CC[C@H]1C[C@@H](n2c(=O)nc(-c3cnn(C)c3)c3oc4ccc(Cl)nc4c32)CCO1. The van der Waals surface area contributed by atoms with Crippen molar-refractivity contribution in [2.24, 2.45) is 19.1 Å². The summed E-state index contributed by atoms with van der Waals surface area (Å²) in [7, 11) is 3.64. The number of nitrogens with zero attached hydrogens (tertiary/aromatic N) is 13. The molecule has 0 bridgehead atoms. The molecule has 3 aliphatic heterocycles. The molecule has 3 aliphatic rings. The molecular weight excluding hydrogens is 878 g/mol. The van der Waals surface area contributed by atoms with Gasteiger partial charge in [0.15, 0.2) is 28.1 Å². The maximum Gasteiger partial charge on any atom is 0.349 e. The smallest absolute Gasteiger partial charge is 0.349 e. The molecule has 0 saturated carbocycles. The molecule has 20 heteroatoms. The molecule has 67 heavy (non-hydrogen) atoms. The van der Waals surface area contributed by atoms with Crippen LogP contribution in [-0.4, -0.2) is 96.6 Å². The van der Waals surface area contributed by atoms with Gasteiger partial charge in [-0.25, -0.2) is 24.2 Å². The summed E-state index contributed by atoms with van der Waals surface area (Å²) in [5, 5.41) is 13.1. The van der Waals surface area contributed by atoms with Gasteiger partial charge in [-0.2, -0.15) is 25.3 Å². The molecule has 2 fully saturated rings. The number of halogens is 1. The number of aryl methyl sites for hydroxylation is 2. The Morgan fingerprint density at radius 2 is 1.28 bits per heavy atom. The Morgan fingerprint density at radius 1 is 0.716 bits per heavy atom. The van der Waals surface area contributed by atoms with Crippen LogP contribution in [0.3, 0.4) is 0 Å². The van der Waals surface area contributed by atoms with Gasteiger partial charge in [0.2, 0.25) is 0 Å². The summed E-state index contributed by atoms with van der Waals surface area (Å²) in [6.07, 6.45) is 21.2. The second-order valence-corrected chi connectivity index (χ2v) is 17.0. The van der Waals surface area contributed by atoms with Crippen molar-refractivity contribution in [2.45, 2.75) is 76.7 Å². The average Bonchev–Trinajstić information content (AvgIpc) is 4.22. The van der Waals surface area contributed by atoms with Crippen molar-refractivity contribution < 1.29 is 18.3 Å². The minimum absolute atomic E-state index is 0.0410. The number of hydrogen-bond acceptors (Lipinski definition) is 14. The number of pyridine rings is 2. The Hall–Kier alpha value is -7.09. The Kier molecular flexibility index (Phi) is 12.2. The molecule has 0 aromatic carbocycles. The van der Waals surface area contributed by atoms with E-state index in [4.69, 9.17) is 34.9 Å². The number of fused-ring (bicyclic) bond motifs is 6. The Morgan fingerprint density at radius 3 is 1.75 bits per heavy atom. The largest absolute Gasteiger partial charge is 0.450 e. The highest BCUT2D eigenvalue weighted by Crippen LogP contribution is 2.38. The summed E-state index contributed by atoms with van der Waals surface area (Å²) in [5.74, 6) is 0.646. The molecule has 2 saturated heterocycles. The van der Waals surface area contributed by atoms with Gasteiger partial charge in [0, 0.05) is 81.5 Å². The second kappa shape index (κ2) is 18.7. The maximum atomic E-state index is 13.5. The third kappa shape index (κ3) is 8.60.